The van der Waals surface area contributed by atoms with Crippen LogP contribution in [0, 0.1) is 5.92 Å². The second-order valence-electron chi connectivity index (χ2n) is 2.45. The van der Waals surface area contributed by atoms with Gasteiger partial charge in [0.15, 0.2) is 0 Å². The third-order valence-electron chi connectivity index (χ3n) is 1.72. The molecule has 0 aromatic carbocycles. The SMILES string of the molecule is O=C(O)[C@H]1CC[C@H](Br)C1. The van der Waals surface area contributed by atoms with E-state index in [0.717, 1.165) is 19.3 Å². The topological polar surface area (TPSA) is 37.3 Å². The van der Waals surface area contributed by atoms with E-state index in [1.807, 2.05) is 0 Å². The number of halogens is 1. The zero-order valence-corrected chi connectivity index (χ0v) is 6.60. The van der Waals surface area contributed by atoms with Crippen molar-refractivity contribution in [3.63, 3.8) is 0 Å². The van der Waals surface area contributed by atoms with Gasteiger partial charge in [-0.25, -0.2) is 0 Å². The maximum Gasteiger partial charge on any atom is 0.306 e. The summed E-state index contributed by atoms with van der Waals surface area (Å²) in [6, 6.07) is 0. The summed E-state index contributed by atoms with van der Waals surface area (Å²) in [5.74, 6) is -0.730. The monoisotopic (exact) mass is 192 g/mol. The van der Waals surface area contributed by atoms with Gasteiger partial charge in [0, 0.05) is 4.83 Å². The third-order valence-corrected chi connectivity index (χ3v) is 2.55. The van der Waals surface area contributed by atoms with Crippen LogP contribution in [0.3, 0.4) is 0 Å². The molecule has 0 amide bonds. The van der Waals surface area contributed by atoms with Crippen molar-refractivity contribution in [1.82, 2.24) is 0 Å². The Hall–Kier alpha value is -0.0500. The molecule has 1 aliphatic rings. The van der Waals surface area contributed by atoms with Crippen LogP contribution in [0.1, 0.15) is 19.3 Å². The lowest BCUT2D eigenvalue weighted by molar-refractivity contribution is -0.141. The molecular weight excluding hydrogens is 184 g/mol. The van der Waals surface area contributed by atoms with Crippen molar-refractivity contribution >= 4 is 21.9 Å². The van der Waals surface area contributed by atoms with Crippen molar-refractivity contribution in [2.45, 2.75) is 24.1 Å². The van der Waals surface area contributed by atoms with Crippen LogP contribution in [0.25, 0.3) is 0 Å². The Balaban J connectivity index is 2.39. The number of alkyl halides is 1. The van der Waals surface area contributed by atoms with E-state index in [9.17, 15) is 4.79 Å². The summed E-state index contributed by atoms with van der Waals surface area (Å²) < 4.78 is 0. The highest BCUT2D eigenvalue weighted by Crippen LogP contribution is 2.30. The summed E-state index contributed by atoms with van der Waals surface area (Å²) in [6.45, 7) is 0. The zero-order valence-electron chi connectivity index (χ0n) is 5.01. The van der Waals surface area contributed by atoms with Gasteiger partial charge < -0.3 is 5.11 Å². The molecule has 1 rings (SSSR count). The Morgan fingerprint density at radius 2 is 2.22 bits per heavy atom. The van der Waals surface area contributed by atoms with E-state index < -0.39 is 5.97 Å². The highest BCUT2D eigenvalue weighted by Gasteiger charge is 2.27. The molecule has 0 bridgehead atoms. The lowest BCUT2D eigenvalue weighted by Crippen LogP contribution is -2.09. The standard InChI is InChI=1S/C6H9BrO2/c7-5-2-1-4(3-5)6(8)9/h4-5H,1-3H2,(H,8,9)/t4-,5-/m0/s1. The molecule has 1 fully saturated rings. The average Bonchev–Trinajstić information content (AvgIpc) is 2.14. The van der Waals surface area contributed by atoms with Gasteiger partial charge in [0.05, 0.1) is 5.92 Å². The molecule has 0 unspecified atom stereocenters. The minimum absolute atomic E-state index is 0.0885. The Bertz CT molecular complexity index is 124. The molecule has 0 aliphatic heterocycles. The highest BCUT2D eigenvalue weighted by atomic mass is 79.9. The highest BCUT2D eigenvalue weighted by molar-refractivity contribution is 9.09. The van der Waals surface area contributed by atoms with Crippen molar-refractivity contribution < 1.29 is 9.90 Å². The van der Waals surface area contributed by atoms with Crippen LogP contribution < -0.4 is 0 Å². The molecule has 0 saturated heterocycles. The smallest absolute Gasteiger partial charge is 0.306 e. The first-order valence-electron chi connectivity index (χ1n) is 3.07. The fourth-order valence-electron chi connectivity index (χ4n) is 1.15. The predicted molar refractivity (Wildman–Crippen MR) is 37.7 cm³/mol. The van der Waals surface area contributed by atoms with Crippen LogP contribution >= 0.6 is 15.9 Å². The largest absolute Gasteiger partial charge is 0.481 e. The van der Waals surface area contributed by atoms with Crippen molar-refractivity contribution in [2.75, 3.05) is 0 Å². The predicted octanol–water partition coefficient (Wildman–Crippen LogP) is 1.63. The van der Waals surface area contributed by atoms with Crippen LogP contribution in [0.15, 0.2) is 0 Å². The zero-order chi connectivity index (χ0) is 6.85. The Kier molecular flexibility index (Phi) is 2.11. The minimum Gasteiger partial charge on any atom is -0.481 e. The van der Waals surface area contributed by atoms with Crippen LogP contribution in [-0.2, 0) is 4.79 Å². The summed E-state index contributed by atoms with van der Waals surface area (Å²) >= 11 is 3.38. The van der Waals surface area contributed by atoms with E-state index in [1.54, 1.807) is 0 Å². The molecular formula is C6H9BrO2. The molecule has 52 valence electrons. The number of hydrogen-bond acceptors (Lipinski definition) is 1. The molecule has 0 aromatic rings. The minimum atomic E-state index is -0.642. The van der Waals surface area contributed by atoms with Gasteiger partial charge >= 0.3 is 5.97 Å². The van der Waals surface area contributed by atoms with Crippen LogP contribution in [0.2, 0.25) is 0 Å². The molecule has 2 nitrogen and oxygen atoms in total. The van der Waals surface area contributed by atoms with Gasteiger partial charge in [0.1, 0.15) is 0 Å². The number of aliphatic carboxylic acids is 1. The molecule has 2 atom stereocenters. The number of carboxylic acid groups (broad SMARTS) is 1. The Labute approximate surface area is 62.4 Å². The average molecular weight is 193 g/mol. The summed E-state index contributed by atoms with van der Waals surface area (Å²) in [5.41, 5.74) is 0. The van der Waals surface area contributed by atoms with Crippen molar-refractivity contribution in [1.29, 1.82) is 0 Å². The van der Waals surface area contributed by atoms with Crippen LogP contribution in [-0.4, -0.2) is 15.9 Å². The molecule has 0 heterocycles. The lowest BCUT2D eigenvalue weighted by atomic mass is 10.1. The molecule has 0 spiro atoms. The van der Waals surface area contributed by atoms with E-state index in [1.165, 1.54) is 0 Å². The van der Waals surface area contributed by atoms with Crippen molar-refractivity contribution in [3.05, 3.63) is 0 Å². The van der Waals surface area contributed by atoms with Crippen molar-refractivity contribution in [3.8, 4) is 0 Å². The first-order chi connectivity index (χ1) is 4.20. The molecule has 1 saturated carbocycles. The van der Waals surface area contributed by atoms with E-state index in [4.69, 9.17) is 5.11 Å². The summed E-state index contributed by atoms with van der Waals surface area (Å²) in [4.78, 5) is 10.8. The lowest BCUT2D eigenvalue weighted by Gasteiger charge is -1.98. The molecule has 1 aliphatic carbocycles. The number of carbonyl (C=O) groups is 1. The fraction of sp³-hybridized carbons (Fsp3) is 0.833. The van der Waals surface area contributed by atoms with Crippen LogP contribution in [0.4, 0.5) is 0 Å². The van der Waals surface area contributed by atoms with Gasteiger partial charge in [-0.05, 0) is 19.3 Å². The molecule has 9 heavy (non-hydrogen) atoms. The maximum atomic E-state index is 10.3. The van der Waals surface area contributed by atoms with Gasteiger partial charge in [-0.2, -0.15) is 0 Å². The van der Waals surface area contributed by atoms with Gasteiger partial charge in [-0.3, -0.25) is 4.79 Å². The maximum absolute atomic E-state index is 10.3. The van der Waals surface area contributed by atoms with Gasteiger partial charge in [-0.1, -0.05) is 15.9 Å². The summed E-state index contributed by atoms with van der Waals surface area (Å²) in [7, 11) is 0. The molecule has 0 radical (unpaired) electrons. The number of rotatable bonds is 1. The van der Waals surface area contributed by atoms with Crippen LogP contribution in [0.5, 0.6) is 0 Å². The fourth-order valence-corrected chi connectivity index (χ4v) is 1.87. The van der Waals surface area contributed by atoms with E-state index in [-0.39, 0.29) is 5.92 Å². The molecule has 0 aromatic heterocycles. The first-order valence-corrected chi connectivity index (χ1v) is 3.98. The Morgan fingerprint density at radius 3 is 2.44 bits per heavy atom. The van der Waals surface area contributed by atoms with E-state index >= 15 is 0 Å². The summed E-state index contributed by atoms with van der Waals surface area (Å²) in [5, 5.41) is 8.51. The first kappa shape index (κ1) is 7.06. The normalized spacial score (nSPS) is 34.8. The second-order valence-corrected chi connectivity index (χ2v) is 3.74. The van der Waals surface area contributed by atoms with E-state index in [2.05, 4.69) is 15.9 Å². The van der Waals surface area contributed by atoms with Gasteiger partial charge in [-0.15, -0.1) is 0 Å². The number of hydrogen-bond donors (Lipinski definition) is 1. The second kappa shape index (κ2) is 2.69. The molecule has 3 heteroatoms. The van der Waals surface area contributed by atoms with Gasteiger partial charge in [0.25, 0.3) is 0 Å². The Morgan fingerprint density at radius 1 is 1.56 bits per heavy atom. The van der Waals surface area contributed by atoms with E-state index in [0.29, 0.717) is 4.83 Å². The third kappa shape index (κ3) is 1.68. The summed E-state index contributed by atoms with van der Waals surface area (Å²) in [6.07, 6.45) is 2.65. The quantitative estimate of drug-likeness (QED) is 0.642. The molecule has 1 N–H and O–H groups in total. The van der Waals surface area contributed by atoms with Crippen molar-refractivity contribution in [2.24, 2.45) is 5.92 Å². The van der Waals surface area contributed by atoms with Gasteiger partial charge in [0.2, 0.25) is 0 Å². The number of carboxylic acids is 1.